The molecular formula is C22H22ClF2N3O4S. The molecule has 7 nitrogen and oxygen atoms in total. The van der Waals surface area contributed by atoms with Gasteiger partial charge in [0.2, 0.25) is 12.3 Å². The topological polar surface area (TPSA) is 95.6 Å². The van der Waals surface area contributed by atoms with E-state index in [4.69, 9.17) is 11.6 Å². The second-order valence-electron chi connectivity index (χ2n) is 7.64. The number of halogens is 3. The third-order valence-corrected chi connectivity index (χ3v) is 6.91. The molecule has 2 aromatic rings. The Morgan fingerprint density at radius 1 is 1.36 bits per heavy atom. The minimum Gasteiger partial charge on any atom is -0.346 e. The van der Waals surface area contributed by atoms with Crippen LogP contribution in [-0.4, -0.2) is 35.1 Å². The van der Waals surface area contributed by atoms with E-state index in [1.54, 1.807) is 12.3 Å². The smallest absolute Gasteiger partial charge is 0.346 e. The van der Waals surface area contributed by atoms with Crippen molar-refractivity contribution in [3.05, 3.63) is 55.7 Å². The third kappa shape index (κ3) is 4.91. The summed E-state index contributed by atoms with van der Waals surface area (Å²) in [6.07, 6.45) is 1.23. The molecule has 2 N–H and O–H groups in total. The number of rotatable bonds is 9. The summed E-state index contributed by atoms with van der Waals surface area (Å²) in [5.41, 5.74) is 1.04. The standard InChI is InChI=1S/C22H22ClF2N3O4S/c1-3-4-17(19(30)27-11-29)28-9-14-15(20(28)31)10-33-18(14)8-26-21(32)22(24,25)13-6-5-12(2)16(23)7-13/h5-7,10-11,17H,3-4,8-9H2,1-2H3,(H,26,32)(H,27,29,30). The molecule has 1 atom stereocenters. The zero-order chi connectivity index (χ0) is 24.3. The highest BCUT2D eigenvalue weighted by molar-refractivity contribution is 7.10. The lowest BCUT2D eigenvalue weighted by Gasteiger charge is -2.26. The minimum atomic E-state index is -3.79. The van der Waals surface area contributed by atoms with Gasteiger partial charge >= 0.3 is 5.92 Å². The molecule has 1 aromatic carbocycles. The minimum absolute atomic E-state index is 0.0871. The monoisotopic (exact) mass is 497 g/mol. The lowest BCUT2D eigenvalue weighted by atomic mass is 10.1. The molecule has 1 unspecified atom stereocenters. The average Bonchev–Trinajstić information content (AvgIpc) is 3.32. The summed E-state index contributed by atoms with van der Waals surface area (Å²) < 4.78 is 29.3. The van der Waals surface area contributed by atoms with Crippen LogP contribution in [0.2, 0.25) is 5.02 Å². The summed E-state index contributed by atoms with van der Waals surface area (Å²) in [5, 5.41) is 6.03. The molecule has 33 heavy (non-hydrogen) atoms. The fourth-order valence-corrected chi connectivity index (χ4v) is 4.78. The number of aryl methyl sites for hydroxylation is 1. The van der Waals surface area contributed by atoms with Crippen LogP contribution in [-0.2, 0) is 33.4 Å². The Bertz CT molecular complexity index is 1110. The third-order valence-electron chi connectivity index (χ3n) is 5.47. The van der Waals surface area contributed by atoms with Gasteiger partial charge in [-0.2, -0.15) is 8.78 Å². The molecule has 0 spiro atoms. The number of alkyl halides is 2. The number of thiophene rings is 1. The number of amides is 4. The van der Waals surface area contributed by atoms with Crippen molar-refractivity contribution in [1.29, 1.82) is 0 Å². The quantitative estimate of drug-likeness (QED) is 0.518. The molecule has 0 saturated heterocycles. The van der Waals surface area contributed by atoms with Crippen LogP contribution in [0.3, 0.4) is 0 Å². The van der Waals surface area contributed by atoms with Crippen molar-refractivity contribution in [2.24, 2.45) is 0 Å². The van der Waals surface area contributed by atoms with Gasteiger partial charge in [-0.25, -0.2) is 0 Å². The van der Waals surface area contributed by atoms with E-state index >= 15 is 0 Å². The Morgan fingerprint density at radius 2 is 2.09 bits per heavy atom. The molecule has 4 amide bonds. The molecule has 0 radical (unpaired) electrons. The summed E-state index contributed by atoms with van der Waals surface area (Å²) in [5.74, 6) is -6.24. The molecule has 3 rings (SSSR count). The lowest BCUT2D eigenvalue weighted by molar-refractivity contribution is -0.147. The first-order valence-electron chi connectivity index (χ1n) is 10.2. The first-order valence-corrected chi connectivity index (χ1v) is 11.4. The van der Waals surface area contributed by atoms with Gasteiger partial charge in [-0.05, 0) is 30.5 Å². The summed E-state index contributed by atoms with van der Waals surface area (Å²) in [6, 6.07) is 2.80. The maximum absolute atomic E-state index is 14.6. The summed E-state index contributed by atoms with van der Waals surface area (Å²) in [4.78, 5) is 49.9. The maximum Gasteiger partial charge on any atom is 0.349 e. The Morgan fingerprint density at radius 3 is 2.73 bits per heavy atom. The number of hydrogen-bond acceptors (Lipinski definition) is 5. The largest absolute Gasteiger partial charge is 0.349 e. The van der Waals surface area contributed by atoms with Crippen LogP contribution >= 0.6 is 22.9 Å². The lowest BCUT2D eigenvalue weighted by Crippen LogP contribution is -2.46. The normalized spacial score (nSPS) is 14.1. The summed E-state index contributed by atoms with van der Waals surface area (Å²) >= 11 is 7.09. The highest BCUT2D eigenvalue weighted by atomic mass is 35.5. The first kappa shape index (κ1) is 24.8. The van der Waals surface area contributed by atoms with E-state index < -0.39 is 29.3 Å². The SMILES string of the molecule is CCCC(C(=O)NC=O)N1Cc2c(csc2CNC(=O)C(F)(F)c2ccc(C)c(Cl)c2)C1=O. The molecule has 0 saturated carbocycles. The van der Waals surface area contributed by atoms with Gasteiger partial charge in [0, 0.05) is 27.4 Å². The molecule has 1 aliphatic heterocycles. The van der Waals surface area contributed by atoms with Crippen LogP contribution in [0, 0.1) is 6.92 Å². The average molecular weight is 498 g/mol. The molecule has 2 heterocycles. The second-order valence-corrected chi connectivity index (χ2v) is 9.01. The summed E-state index contributed by atoms with van der Waals surface area (Å²) in [7, 11) is 0. The molecule has 1 aromatic heterocycles. The van der Waals surface area contributed by atoms with Crippen molar-refractivity contribution in [2.75, 3.05) is 0 Å². The molecule has 0 bridgehead atoms. The van der Waals surface area contributed by atoms with Gasteiger partial charge in [-0.1, -0.05) is 37.1 Å². The van der Waals surface area contributed by atoms with E-state index in [-0.39, 0.29) is 30.4 Å². The second kappa shape index (κ2) is 9.96. The number of imide groups is 1. The maximum atomic E-state index is 14.6. The molecule has 0 aliphatic carbocycles. The van der Waals surface area contributed by atoms with Gasteiger partial charge in [0.25, 0.3) is 11.8 Å². The van der Waals surface area contributed by atoms with Gasteiger partial charge in [-0.3, -0.25) is 24.5 Å². The van der Waals surface area contributed by atoms with E-state index in [1.807, 2.05) is 6.92 Å². The van der Waals surface area contributed by atoms with Crippen LogP contribution in [0.15, 0.2) is 23.6 Å². The molecule has 176 valence electrons. The first-order chi connectivity index (χ1) is 15.6. The van der Waals surface area contributed by atoms with Crippen LogP contribution < -0.4 is 10.6 Å². The van der Waals surface area contributed by atoms with Crippen molar-refractivity contribution in [3.8, 4) is 0 Å². The van der Waals surface area contributed by atoms with E-state index in [0.717, 1.165) is 12.1 Å². The number of benzene rings is 1. The predicted octanol–water partition coefficient (Wildman–Crippen LogP) is 3.52. The highest BCUT2D eigenvalue weighted by Crippen LogP contribution is 2.34. The van der Waals surface area contributed by atoms with E-state index in [0.29, 0.717) is 34.4 Å². The van der Waals surface area contributed by atoms with Gasteiger partial charge < -0.3 is 10.2 Å². The van der Waals surface area contributed by atoms with Crippen molar-refractivity contribution in [3.63, 3.8) is 0 Å². The van der Waals surface area contributed by atoms with Crippen molar-refractivity contribution >= 4 is 47.1 Å². The number of carbonyl (C=O) groups is 4. The van der Waals surface area contributed by atoms with E-state index in [1.165, 1.54) is 22.3 Å². The van der Waals surface area contributed by atoms with Crippen LogP contribution in [0.25, 0.3) is 0 Å². The highest BCUT2D eigenvalue weighted by Gasteiger charge is 2.42. The molecular weight excluding hydrogens is 476 g/mol. The number of hydrogen-bond donors (Lipinski definition) is 2. The Kier molecular flexibility index (Phi) is 7.48. The number of nitrogens with zero attached hydrogens (tertiary/aromatic N) is 1. The zero-order valence-electron chi connectivity index (χ0n) is 17.9. The Hall–Kier alpha value is -2.85. The number of nitrogens with one attached hydrogen (secondary N) is 2. The van der Waals surface area contributed by atoms with Crippen LogP contribution in [0.1, 0.15) is 51.7 Å². The Balaban J connectivity index is 1.73. The van der Waals surface area contributed by atoms with Gasteiger partial charge in [-0.15, -0.1) is 11.3 Å². The van der Waals surface area contributed by atoms with Crippen molar-refractivity contribution in [2.45, 2.75) is 51.7 Å². The summed E-state index contributed by atoms with van der Waals surface area (Å²) in [6.45, 7) is 3.40. The predicted molar refractivity (Wildman–Crippen MR) is 119 cm³/mol. The Labute approximate surface area is 198 Å². The van der Waals surface area contributed by atoms with E-state index in [9.17, 15) is 28.0 Å². The van der Waals surface area contributed by atoms with Crippen molar-refractivity contribution < 1.29 is 28.0 Å². The van der Waals surface area contributed by atoms with E-state index in [2.05, 4.69) is 10.6 Å². The van der Waals surface area contributed by atoms with Gasteiger partial charge in [0.1, 0.15) is 6.04 Å². The number of fused-ring (bicyclic) bond motifs is 1. The number of carbonyl (C=O) groups excluding carboxylic acids is 4. The van der Waals surface area contributed by atoms with Crippen molar-refractivity contribution in [1.82, 2.24) is 15.5 Å². The zero-order valence-corrected chi connectivity index (χ0v) is 19.5. The molecule has 1 aliphatic rings. The molecule has 11 heteroatoms. The fourth-order valence-electron chi connectivity index (χ4n) is 3.62. The van der Waals surface area contributed by atoms with Crippen LogP contribution in [0.5, 0.6) is 0 Å². The van der Waals surface area contributed by atoms with Crippen LogP contribution in [0.4, 0.5) is 8.78 Å². The van der Waals surface area contributed by atoms with Gasteiger partial charge in [0.05, 0.1) is 12.1 Å². The molecule has 0 fully saturated rings. The van der Waals surface area contributed by atoms with Gasteiger partial charge in [0.15, 0.2) is 0 Å². The fraction of sp³-hybridized carbons (Fsp3) is 0.364.